The van der Waals surface area contributed by atoms with Crippen molar-refractivity contribution in [2.24, 2.45) is 5.92 Å². The molecule has 1 aromatic heterocycles. The van der Waals surface area contributed by atoms with E-state index in [2.05, 4.69) is 10.3 Å². The monoisotopic (exact) mass is 369 g/mol. The number of amides is 1. The van der Waals surface area contributed by atoms with Crippen molar-refractivity contribution in [1.82, 2.24) is 14.9 Å². The third-order valence-corrected chi connectivity index (χ3v) is 4.65. The number of thioether (sulfide) groups is 1. The van der Waals surface area contributed by atoms with Crippen LogP contribution in [0.15, 0.2) is 29.4 Å². The van der Waals surface area contributed by atoms with Gasteiger partial charge in [0.05, 0.1) is 11.0 Å². The highest BCUT2D eigenvalue weighted by Crippen LogP contribution is 2.29. The second-order valence-corrected chi connectivity index (χ2v) is 7.03. The maximum Gasteiger partial charge on any atom is 0.291 e. The first-order valence-electron chi connectivity index (χ1n) is 8.38. The molecule has 0 unspecified atom stereocenters. The molecule has 0 saturated heterocycles. The van der Waals surface area contributed by atoms with E-state index in [-0.39, 0.29) is 17.6 Å². The normalized spacial score (nSPS) is 14.4. The van der Waals surface area contributed by atoms with Crippen LogP contribution in [0.1, 0.15) is 19.3 Å². The van der Waals surface area contributed by atoms with E-state index < -0.39 is 5.76 Å². The van der Waals surface area contributed by atoms with Gasteiger partial charge in [0.25, 0.3) is 5.76 Å². The largest absolute Gasteiger partial charge is 0.381 e. The quantitative estimate of drug-likeness (QED) is 0.516. The van der Waals surface area contributed by atoms with Gasteiger partial charge in [-0.25, -0.2) is 4.98 Å². The first kappa shape index (κ1) is 18.1. The standard InChI is InChI=1S/C17H21F2N3O2S/c18-16(19)25-17-21-13-4-1-2-5-14(13)22(17)10-15(23)20-8-3-9-24-11-12-6-7-12/h1-2,4-5,12,16H,3,6-11H2,(H,20,23). The number of halogens is 2. The molecule has 1 N–H and O–H groups in total. The lowest BCUT2D eigenvalue weighted by Crippen LogP contribution is -2.29. The van der Waals surface area contributed by atoms with E-state index in [0.29, 0.717) is 35.9 Å². The van der Waals surface area contributed by atoms with Crippen LogP contribution < -0.4 is 5.32 Å². The third-order valence-electron chi connectivity index (χ3n) is 3.95. The average Bonchev–Trinajstić information content (AvgIpc) is 3.34. The average molecular weight is 369 g/mol. The number of rotatable bonds is 10. The minimum atomic E-state index is -2.58. The summed E-state index contributed by atoms with van der Waals surface area (Å²) >= 11 is 0.355. The van der Waals surface area contributed by atoms with Crippen LogP contribution in [0, 0.1) is 5.92 Å². The van der Waals surface area contributed by atoms with Gasteiger partial charge in [0.2, 0.25) is 5.91 Å². The topological polar surface area (TPSA) is 56.2 Å². The number of imidazole rings is 1. The number of aromatic nitrogens is 2. The molecule has 0 radical (unpaired) electrons. The summed E-state index contributed by atoms with van der Waals surface area (Å²) in [5, 5.41) is 2.96. The van der Waals surface area contributed by atoms with Crippen LogP contribution >= 0.6 is 11.8 Å². The second-order valence-electron chi connectivity index (χ2n) is 6.07. The van der Waals surface area contributed by atoms with Crippen molar-refractivity contribution in [3.8, 4) is 0 Å². The van der Waals surface area contributed by atoms with Crippen LogP contribution in [-0.4, -0.2) is 41.0 Å². The Bertz CT molecular complexity index is 719. The number of carbonyl (C=O) groups excluding carboxylic acids is 1. The van der Waals surface area contributed by atoms with E-state index >= 15 is 0 Å². The first-order valence-corrected chi connectivity index (χ1v) is 9.26. The molecular formula is C17H21F2N3O2S. The molecular weight excluding hydrogens is 348 g/mol. The summed E-state index contributed by atoms with van der Waals surface area (Å²) in [6, 6.07) is 7.11. The van der Waals surface area contributed by atoms with Crippen molar-refractivity contribution in [3.05, 3.63) is 24.3 Å². The Hall–Kier alpha value is -1.67. The van der Waals surface area contributed by atoms with Crippen LogP contribution in [-0.2, 0) is 16.1 Å². The highest BCUT2D eigenvalue weighted by molar-refractivity contribution is 7.99. The molecule has 1 aliphatic carbocycles. The van der Waals surface area contributed by atoms with Gasteiger partial charge in [-0.05, 0) is 49.1 Å². The molecule has 25 heavy (non-hydrogen) atoms. The van der Waals surface area contributed by atoms with Crippen molar-refractivity contribution in [2.75, 3.05) is 19.8 Å². The van der Waals surface area contributed by atoms with Crippen molar-refractivity contribution in [3.63, 3.8) is 0 Å². The number of hydrogen-bond donors (Lipinski definition) is 1. The van der Waals surface area contributed by atoms with Gasteiger partial charge in [-0.15, -0.1) is 0 Å². The van der Waals surface area contributed by atoms with Crippen molar-refractivity contribution < 1.29 is 18.3 Å². The first-order chi connectivity index (χ1) is 12.1. The molecule has 0 aliphatic heterocycles. The zero-order valence-corrected chi connectivity index (χ0v) is 14.6. The van der Waals surface area contributed by atoms with Gasteiger partial charge < -0.3 is 14.6 Å². The second kappa shape index (κ2) is 8.62. The zero-order chi connectivity index (χ0) is 17.6. The lowest BCUT2D eigenvalue weighted by Gasteiger charge is -2.09. The smallest absolute Gasteiger partial charge is 0.291 e. The molecule has 0 spiro atoms. The summed E-state index contributed by atoms with van der Waals surface area (Å²) in [5.74, 6) is -2.07. The minimum absolute atomic E-state index is 0.0293. The number of nitrogens with zero attached hydrogens (tertiary/aromatic N) is 2. The molecule has 5 nitrogen and oxygen atoms in total. The summed E-state index contributed by atoms with van der Waals surface area (Å²) in [7, 11) is 0. The molecule has 1 saturated carbocycles. The number of hydrogen-bond acceptors (Lipinski definition) is 4. The molecule has 1 aromatic carbocycles. The van der Waals surface area contributed by atoms with Crippen molar-refractivity contribution >= 4 is 28.7 Å². The summed E-state index contributed by atoms with van der Waals surface area (Å²) < 4.78 is 32.5. The fourth-order valence-electron chi connectivity index (χ4n) is 2.51. The van der Waals surface area contributed by atoms with Crippen LogP contribution in [0.5, 0.6) is 0 Å². The van der Waals surface area contributed by atoms with Crippen LogP contribution in [0.25, 0.3) is 11.0 Å². The Morgan fingerprint density at radius 2 is 2.20 bits per heavy atom. The van der Waals surface area contributed by atoms with Crippen molar-refractivity contribution in [2.45, 2.75) is 36.7 Å². The number of benzene rings is 1. The lowest BCUT2D eigenvalue weighted by atomic mass is 10.3. The number of ether oxygens (including phenoxy) is 1. The molecule has 1 fully saturated rings. The summed E-state index contributed by atoms with van der Waals surface area (Å²) in [6.45, 7) is 1.91. The van der Waals surface area contributed by atoms with Crippen LogP contribution in [0.4, 0.5) is 8.78 Å². The Kier molecular flexibility index (Phi) is 6.25. The maximum absolute atomic E-state index is 12.7. The fourth-order valence-corrected chi connectivity index (χ4v) is 3.11. The number of alkyl halides is 2. The SMILES string of the molecule is O=C(Cn1c(SC(F)F)nc2ccccc21)NCCCOCC1CC1. The van der Waals surface area contributed by atoms with Crippen LogP contribution in [0.2, 0.25) is 0 Å². The van der Waals surface area contributed by atoms with Gasteiger partial charge in [0.1, 0.15) is 6.54 Å². The van der Waals surface area contributed by atoms with Gasteiger partial charge in [-0.2, -0.15) is 8.78 Å². The Morgan fingerprint density at radius 3 is 2.96 bits per heavy atom. The molecule has 136 valence electrons. The minimum Gasteiger partial charge on any atom is -0.381 e. The number of fused-ring (bicyclic) bond motifs is 1. The molecule has 8 heteroatoms. The molecule has 1 aliphatic rings. The van der Waals surface area contributed by atoms with E-state index in [1.54, 1.807) is 24.3 Å². The highest BCUT2D eigenvalue weighted by Gasteiger charge is 2.21. The van der Waals surface area contributed by atoms with Crippen molar-refractivity contribution in [1.29, 1.82) is 0 Å². The third kappa shape index (κ3) is 5.40. The number of para-hydroxylation sites is 2. The maximum atomic E-state index is 12.7. The van der Waals surface area contributed by atoms with Gasteiger partial charge in [-0.1, -0.05) is 12.1 Å². The predicted molar refractivity (Wildman–Crippen MR) is 92.8 cm³/mol. The van der Waals surface area contributed by atoms with Crippen LogP contribution in [0.3, 0.4) is 0 Å². The van der Waals surface area contributed by atoms with E-state index in [4.69, 9.17) is 4.74 Å². The molecule has 1 heterocycles. The van der Waals surface area contributed by atoms with E-state index in [0.717, 1.165) is 18.9 Å². The lowest BCUT2D eigenvalue weighted by molar-refractivity contribution is -0.121. The Labute approximate surface area is 149 Å². The molecule has 0 atom stereocenters. The predicted octanol–water partition coefficient (Wildman–Crippen LogP) is 3.28. The molecule has 2 aromatic rings. The van der Waals surface area contributed by atoms with E-state index in [9.17, 15) is 13.6 Å². The Balaban J connectivity index is 1.52. The van der Waals surface area contributed by atoms with Gasteiger partial charge in [0.15, 0.2) is 5.16 Å². The van der Waals surface area contributed by atoms with E-state index in [1.807, 2.05) is 0 Å². The van der Waals surface area contributed by atoms with E-state index in [1.165, 1.54) is 17.4 Å². The Morgan fingerprint density at radius 1 is 1.40 bits per heavy atom. The number of carbonyl (C=O) groups is 1. The fraction of sp³-hybridized carbons (Fsp3) is 0.529. The van der Waals surface area contributed by atoms with Gasteiger partial charge in [-0.3, -0.25) is 4.79 Å². The summed E-state index contributed by atoms with van der Waals surface area (Å²) in [4.78, 5) is 16.3. The summed E-state index contributed by atoms with van der Waals surface area (Å²) in [6.07, 6.45) is 3.25. The molecule has 0 bridgehead atoms. The molecule has 1 amide bonds. The zero-order valence-electron chi connectivity index (χ0n) is 13.8. The summed E-state index contributed by atoms with van der Waals surface area (Å²) in [5.41, 5.74) is 1.28. The number of nitrogens with one attached hydrogen (secondary N) is 1. The highest BCUT2D eigenvalue weighted by atomic mass is 32.2. The van der Waals surface area contributed by atoms with Gasteiger partial charge in [0, 0.05) is 19.8 Å². The van der Waals surface area contributed by atoms with Gasteiger partial charge >= 0.3 is 0 Å². The molecule has 3 rings (SSSR count).